The molecule has 2 aliphatic carbocycles. The lowest BCUT2D eigenvalue weighted by molar-refractivity contribution is 0.160. The average molecular weight is 252 g/mol. The van der Waals surface area contributed by atoms with Gasteiger partial charge in [0.2, 0.25) is 0 Å². The Kier molecular flexibility index (Phi) is 3.34. The van der Waals surface area contributed by atoms with Crippen LogP contribution in [0.1, 0.15) is 0 Å². The Morgan fingerprint density at radius 2 is 1.79 bits per heavy atom. The minimum atomic E-state index is 0.263. The van der Waals surface area contributed by atoms with E-state index >= 15 is 0 Å². The van der Waals surface area contributed by atoms with Crippen molar-refractivity contribution in [1.82, 2.24) is 0 Å². The van der Waals surface area contributed by atoms with Gasteiger partial charge in [-0.2, -0.15) is 0 Å². The highest BCUT2D eigenvalue weighted by molar-refractivity contribution is 5.48. The molecule has 0 radical (unpaired) electrons. The molecule has 19 heavy (non-hydrogen) atoms. The van der Waals surface area contributed by atoms with Crippen molar-refractivity contribution in [3.8, 4) is 0 Å². The second-order valence-corrected chi connectivity index (χ2v) is 4.77. The predicted octanol–water partition coefficient (Wildman–Crippen LogP) is 3.55. The lowest BCUT2D eigenvalue weighted by Crippen LogP contribution is -2.14. The lowest BCUT2D eigenvalue weighted by Gasteiger charge is -2.18. The first-order valence-electron chi connectivity index (χ1n) is 6.45. The van der Waals surface area contributed by atoms with Gasteiger partial charge in [-0.3, -0.25) is 0 Å². The molecule has 96 valence electrons. The smallest absolute Gasteiger partial charge is 0.126 e. The molecule has 3 rings (SSSR count). The summed E-state index contributed by atoms with van der Waals surface area (Å²) in [4.78, 5) is 0. The molecule has 0 bridgehead atoms. The largest absolute Gasteiger partial charge is 0.507 e. The van der Waals surface area contributed by atoms with E-state index in [1.807, 2.05) is 48.6 Å². The third-order valence-corrected chi connectivity index (χ3v) is 3.32. The summed E-state index contributed by atoms with van der Waals surface area (Å²) >= 11 is 0. The van der Waals surface area contributed by atoms with E-state index in [-0.39, 0.29) is 5.92 Å². The van der Waals surface area contributed by atoms with E-state index in [1.165, 1.54) is 0 Å². The van der Waals surface area contributed by atoms with Crippen molar-refractivity contribution in [1.29, 1.82) is 0 Å². The fourth-order valence-electron chi connectivity index (χ4n) is 2.33. The maximum absolute atomic E-state index is 10.3. The van der Waals surface area contributed by atoms with Gasteiger partial charge in [0.25, 0.3) is 0 Å². The number of aliphatic hydroxyl groups is 1. The van der Waals surface area contributed by atoms with Crippen LogP contribution in [0.15, 0.2) is 83.2 Å². The zero-order valence-corrected chi connectivity index (χ0v) is 10.6. The number of rotatable bonds is 2. The van der Waals surface area contributed by atoms with Gasteiger partial charge in [-0.05, 0) is 11.6 Å². The van der Waals surface area contributed by atoms with Crippen molar-refractivity contribution in [3.63, 3.8) is 0 Å². The number of hydrogen-bond donors (Lipinski definition) is 1. The first-order chi connectivity index (χ1) is 9.33. The van der Waals surface area contributed by atoms with E-state index in [4.69, 9.17) is 4.74 Å². The van der Waals surface area contributed by atoms with Gasteiger partial charge in [0.05, 0.1) is 13.2 Å². The molecule has 0 amide bonds. The van der Waals surface area contributed by atoms with Gasteiger partial charge in [-0.15, -0.1) is 0 Å². The molecular weight excluding hydrogens is 236 g/mol. The van der Waals surface area contributed by atoms with Crippen molar-refractivity contribution in [2.75, 3.05) is 13.2 Å². The molecule has 0 atom stereocenters. The summed E-state index contributed by atoms with van der Waals surface area (Å²) in [6, 6.07) is 0. The fourth-order valence-corrected chi connectivity index (χ4v) is 2.33. The van der Waals surface area contributed by atoms with Crippen LogP contribution < -0.4 is 0 Å². The molecular formula is C17H16O2. The minimum absolute atomic E-state index is 0.263. The van der Waals surface area contributed by atoms with Gasteiger partial charge in [-0.1, -0.05) is 54.7 Å². The summed E-state index contributed by atoms with van der Waals surface area (Å²) in [6.07, 6.45) is 20.2. The van der Waals surface area contributed by atoms with Crippen LogP contribution >= 0.6 is 0 Å². The summed E-state index contributed by atoms with van der Waals surface area (Å²) in [7, 11) is 0. The molecule has 1 N–H and O–H groups in total. The van der Waals surface area contributed by atoms with Crippen LogP contribution in [0.2, 0.25) is 0 Å². The van der Waals surface area contributed by atoms with E-state index in [0.29, 0.717) is 19.0 Å². The highest BCUT2D eigenvalue weighted by Gasteiger charge is 2.17. The third kappa shape index (κ3) is 2.69. The Morgan fingerprint density at radius 1 is 1.05 bits per heavy atom. The van der Waals surface area contributed by atoms with Crippen LogP contribution in [-0.4, -0.2) is 18.3 Å². The van der Waals surface area contributed by atoms with Crippen molar-refractivity contribution < 1.29 is 9.84 Å². The number of ether oxygens (including phenoxy) is 1. The number of aliphatic hydroxyl groups excluding tert-OH is 1. The van der Waals surface area contributed by atoms with E-state index in [9.17, 15) is 5.11 Å². The molecule has 0 saturated heterocycles. The molecule has 0 fully saturated rings. The molecule has 3 aliphatic rings. The predicted molar refractivity (Wildman–Crippen MR) is 76.7 cm³/mol. The third-order valence-electron chi connectivity index (χ3n) is 3.32. The molecule has 0 aromatic heterocycles. The van der Waals surface area contributed by atoms with Gasteiger partial charge in [0, 0.05) is 17.1 Å². The monoisotopic (exact) mass is 252 g/mol. The van der Waals surface area contributed by atoms with Gasteiger partial charge < -0.3 is 9.84 Å². The van der Waals surface area contributed by atoms with Gasteiger partial charge in [-0.25, -0.2) is 0 Å². The van der Waals surface area contributed by atoms with Gasteiger partial charge in [0.15, 0.2) is 0 Å². The normalized spacial score (nSPS) is 24.2. The van der Waals surface area contributed by atoms with Crippen molar-refractivity contribution >= 4 is 0 Å². The second-order valence-electron chi connectivity index (χ2n) is 4.77. The second kappa shape index (κ2) is 5.29. The number of allylic oxidation sites excluding steroid dienone is 10. The maximum Gasteiger partial charge on any atom is 0.126 e. The SMILES string of the molecule is OC1=C(C=C2C=CC=C2)COC/C1=C\C1C=CC=C1. The molecule has 0 aromatic rings. The minimum Gasteiger partial charge on any atom is -0.507 e. The van der Waals surface area contributed by atoms with Crippen molar-refractivity contribution in [2.24, 2.45) is 5.92 Å². The highest BCUT2D eigenvalue weighted by atomic mass is 16.5. The van der Waals surface area contributed by atoms with Crippen LogP contribution in [0.3, 0.4) is 0 Å². The Bertz CT molecular complexity index is 554. The standard InChI is InChI=1S/C17H16O2/c18-17-15(9-13-5-1-2-6-13)11-19-12-16(17)10-14-7-3-4-8-14/h1-10,13,18H,11-12H2/b15-9+. The molecule has 2 nitrogen and oxygen atoms in total. The van der Waals surface area contributed by atoms with Crippen LogP contribution in [0.4, 0.5) is 0 Å². The maximum atomic E-state index is 10.3. The lowest BCUT2D eigenvalue weighted by atomic mass is 10.0. The van der Waals surface area contributed by atoms with E-state index in [1.54, 1.807) is 0 Å². The van der Waals surface area contributed by atoms with E-state index in [0.717, 1.165) is 16.7 Å². The molecule has 0 aromatic carbocycles. The zero-order valence-electron chi connectivity index (χ0n) is 10.6. The Labute approximate surface area is 113 Å². The van der Waals surface area contributed by atoms with Crippen molar-refractivity contribution in [2.45, 2.75) is 0 Å². The average Bonchev–Trinajstić information content (AvgIpc) is 3.07. The summed E-state index contributed by atoms with van der Waals surface area (Å²) in [6.45, 7) is 0.938. The summed E-state index contributed by atoms with van der Waals surface area (Å²) < 4.78 is 5.56. The highest BCUT2D eigenvalue weighted by Crippen LogP contribution is 2.25. The van der Waals surface area contributed by atoms with Crippen LogP contribution in [0, 0.1) is 5.92 Å². The Balaban J connectivity index is 1.88. The zero-order chi connectivity index (χ0) is 13.1. The molecule has 2 heteroatoms. The first-order valence-corrected chi connectivity index (χ1v) is 6.45. The molecule has 1 aliphatic heterocycles. The fraction of sp³-hybridized carbons (Fsp3) is 0.176. The Morgan fingerprint density at radius 3 is 2.53 bits per heavy atom. The van der Waals surface area contributed by atoms with Crippen LogP contribution in [0.25, 0.3) is 0 Å². The van der Waals surface area contributed by atoms with Crippen molar-refractivity contribution in [3.05, 3.63) is 83.2 Å². The molecule has 0 unspecified atom stereocenters. The Hall–Kier alpha value is -2.06. The van der Waals surface area contributed by atoms with E-state index in [2.05, 4.69) is 12.2 Å². The molecule has 0 spiro atoms. The van der Waals surface area contributed by atoms with Crippen LogP contribution in [0.5, 0.6) is 0 Å². The summed E-state index contributed by atoms with van der Waals surface area (Å²) in [5.41, 5.74) is 2.80. The summed E-state index contributed by atoms with van der Waals surface area (Å²) in [5.74, 6) is 0.625. The first kappa shape index (κ1) is 12.0. The van der Waals surface area contributed by atoms with Gasteiger partial charge >= 0.3 is 0 Å². The quantitative estimate of drug-likeness (QED) is 0.814. The summed E-state index contributed by atoms with van der Waals surface area (Å²) in [5, 5.41) is 10.3. The van der Waals surface area contributed by atoms with Gasteiger partial charge in [0.1, 0.15) is 5.76 Å². The number of hydrogen-bond acceptors (Lipinski definition) is 2. The van der Waals surface area contributed by atoms with E-state index < -0.39 is 0 Å². The molecule has 0 saturated carbocycles. The van der Waals surface area contributed by atoms with Crippen LogP contribution in [-0.2, 0) is 4.74 Å². The molecule has 1 heterocycles. The topological polar surface area (TPSA) is 29.5 Å².